The van der Waals surface area contributed by atoms with Crippen LogP contribution >= 0.6 is 0 Å². The Morgan fingerprint density at radius 2 is 1.53 bits per heavy atom. The number of amides is 1. The zero-order chi connectivity index (χ0) is 13.0. The second-order valence-corrected chi connectivity index (χ2v) is 3.68. The third-order valence-electron chi connectivity index (χ3n) is 2.85. The maximum absolute atomic E-state index is 11.6. The molecule has 0 saturated carbocycles. The third-order valence-corrected chi connectivity index (χ3v) is 2.85. The number of primary amides is 1. The number of nitrogens with two attached hydrogens (primary N) is 1. The van der Waals surface area contributed by atoms with E-state index in [2.05, 4.69) is 0 Å². The Bertz CT molecular complexity index is 397. The van der Waals surface area contributed by atoms with E-state index in [1.165, 1.54) is 0 Å². The van der Waals surface area contributed by atoms with E-state index in [1.54, 1.807) is 14.2 Å². The summed E-state index contributed by atoms with van der Waals surface area (Å²) in [4.78, 5) is 11.6. The highest BCUT2D eigenvalue weighted by molar-refractivity contribution is 5.97. The average molecular weight is 237 g/mol. The van der Waals surface area contributed by atoms with Crippen LogP contribution < -0.4 is 15.2 Å². The summed E-state index contributed by atoms with van der Waals surface area (Å²) in [6.07, 6.45) is 1.39. The smallest absolute Gasteiger partial charge is 0.249 e. The molecular weight excluding hydrogens is 218 g/mol. The minimum Gasteiger partial charge on any atom is -0.496 e. The van der Waals surface area contributed by atoms with Gasteiger partial charge in [0.05, 0.1) is 19.8 Å². The SMILES string of the molecule is CCc1c(OC)cc(OC)c(CC)c1C(N)=O. The highest BCUT2D eigenvalue weighted by Gasteiger charge is 2.20. The summed E-state index contributed by atoms with van der Waals surface area (Å²) in [5, 5.41) is 0. The maximum atomic E-state index is 11.6. The molecule has 17 heavy (non-hydrogen) atoms. The molecular formula is C13H19NO3. The monoisotopic (exact) mass is 237 g/mol. The van der Waals surface area contributed by atoms with Crippen molar-refractivity contribution in [1.82, 2.24) is 0 Å². The molecule has 0 aliphatic carbocycles. The van der Waals surface area contributed by atoms with Crippen molar-refractivity contribution in [3.63, 3.8) is 0 Å². The van der Waals surface area contributed by atoms with Crippen molar-refractivity contribution in [3.05, 3.63) is 22.8 Å². The predicted octanol–water partition coefficient (Wildman–Crippen LogP) is 1.93. The van der Waals surface area contributed by atoms with Gasteiger partial charge in [0, 0.05) is 17.2 Å². The van der Waals surface area contributed by atoms with Gasteiger partial charge in [-0.25, -0.2) is 0 Å². The summed E-state index contributed by atoms with van der Waals surface area (Å²) in [5.41, 5.74) is 7.69. The van der Waals surface area contributed by atoms with Crippen LogP contribution in [0.5, 0.6) is 11.5 Å². The Morgan fingerprint density at radius 3 is 1.76 bits per heavy atom. The van der Waals surface area contributed by atoms with Gasteiger partial charge in [-0.1, -0.05) is 13.8 Å². The Morgan fingerprint density at radius 1 is 1.12 bits per heavy atom. The molecule has 0 aliphatic heterocycles. The average Bonchev–Trinajstić information content (AvgIpc) is 2.35. The zero-order valence-electron chi connectivity index (χ0n) is 10.8. The lowest BCUT2D eigenvalue weighted by Crippen LogP contribution is -2.18. The highest BCUT2D eigenvalue weighted by atomic mass is 16.5. The van der Waals surface area contributed by atoms with E-state index in [4.69, 9.17) is 15.2 Å². The largest absolute Gasteiger partial charge is 0.496 e. The van der Waals surface area contributed by atoms with Gasteiger partial charge in [0.25, 0.3) is 0 Å². The second-order valence-electron chi connectivity index (χ2n) is 3.68. The molecule has 1 aromatic carbocycles. The molecule has 94 valence electrons. The van der Waals surface area contributed by atoms with Gasteiger partial charge in [0.1, 0.15) is 11.5 Å². The van der Waals surface area contributed by atoms with E-state index in [1.807, 2.05) is 19.9 Å². The molecule has 1 aromatic rings. The topological polar surface area (TPSA) is 61.6 Å². The fourth-order valence-electron chi connectivity index (χ4n) is 2.09. The molecule has 1 rings (SSSR count). The molecule has 0 radical (unpaired) electrons. The molecule has 2 N–H and O–H groups in total. The maximum Gasteiger partial charge on any atom is 0.249 e. The van der Waals surface area contributed by atoms with Crippen molar-refractivity contribution >= 4 is 5.91 Å². The van der Waals surface area contributed by atoms with Gasteiger partial charge in [-0.2, -0.15) is 0 Å². The first-order valence-corrected chi connectivity index (χ1v) is 5.67. The number of benzene rings is 1. The summed E-state index contributed by atoms with van der Waals surface area (Å²) in [5.74, 6) is 0.863. The highest BCUT2D eigenvalue weighted by Crippen LogP contribution is 2.34. The van der Waals surface area contributed by atoms with E-state index < -0.39 is 5.91 Å². The van der Waals surface area contributed by atoms with Crippen LogP contribution in [0.4, 0.5) is 0 Å². The summed E-state index contributed by atoms with van der Waals surface area (Å²) < 4.78 is 10.6. The van der Waals surface area contributed by atoms with Crippen molar-refractivity contribution in [1.29, 1.82) is 0 Å². The molecule has 0 bridgehead atoms. The summed E-state index contributed by atoms with van der Waals surface area (Å²) >= 11 is 0. The van der Waals surface area contributed by atoms with Gasteiger partial charge in [0.2, 0.25) is 5.91 Å². The quantitative estimate of drug-likeness (QED) is 0.851. The van der Waals surface area contributed by atoms with E-state index in [9.17, 15) is 4.79 Å². The number of hydrogen-bond donors (Lipinski definition) is 1. The lowest BCUT2D eigenvalue weighted by atomic mass is 9.95. The first-order chi connectivity index (χ1) is 8.10. The summed E-state index contributed by atoms with van der Waals surface area (Å²) in [7, 11) is 3.15. The summed E-state index contributed by atoms with van der Waals surface area (Å²) in [6, 6.07) is 1.81. The van der Waals surface area contributed by atoms with Crippen molar-refractivity contribution in [2.45, 2.75) is 26.7 Å². The fraction of sp³-hybridized carbons (Fsp3) is 0.462. The molecule has 0 aromatic heterocycles. The van der Waals surface area contributed by atoms with E-state index in [-0.39, 0.29) is 0 Å². The van der Waals surface area contributed by atoms with Crippen LogP contribution in [0.15, 0.2) is 6.07 Å². The third kappa shape index (κ3) is 2.35. The zero-order valence-corrected chi connectivity index (χ0v) is 10.8. The summed E-state index contributed by atoms with van der Waals surface area (Å²) in [6.45, 7) is 3.94. The van der Waals surface area contributed by atoms with Crippen LogP contribution in [-0.2, 0) is 12.8 Å². The van der Waals surface area contributed by atoms with Crippen molar-refractivity contribution < 1.29 is 14.3 Å². The molecule has 1 amide bonds. The number of methoxy groups -OCH3 is 2. The molecule has 0 aliphatic rings. The Hall–Kier alpha value is -1.71. The van der Waals surface area contributed by atoms with Gasteiger partial charge in [0.15, 0.2) is 0 Å². The normalized spacial score (nSPS) is 10.1. The lowest BCUT2D eigenvalue weighted by molar-refractivity contribution is 0.0997. The van der Waals surface area contributed by atoms with Gasteiger partial charge in [-0.3, -0.25) is 4.79 Å². The molecule has 0 unspecified atom stereocenters. The van der Waals surface area contributed by atoms with Gasteiger partial charge in [-0.05, 0) is 12.8 Å². The van der Waals surface area contributed by atoms with Crippen molar-refractivity contribution in [3.8, 4) is 11.5 Å². The molecule has 0 heterocycles. The minimum atomic E-state index is -0.434. The fourth-order valence-corrected chi connectivity index (χ4v) is 2.09. The molecule has 4 heteroatoms. The lowest BCUT2D eigenvalue weighted by Gasteiger charge is -2.17. The van der Waals surface area contributed by atoms with Gasteiger partial charge >= 0.3 is 0 Å². The van der Waals surface area contributed by atoms with Crippen LogP contribution in [0.1, 0.15) is 35.3 Å². The van der Waals surface area contributed by atoms with E-state index in [0.717, 1.165) is 11.1 Å². The molecule has 0 fully saturated rings. The molecule has 0 spiro atoms. The number of hydrogen-bond acceptors (Lipinski definition) is 3. The van der Waals surface area contributed by atoms with Gasteiger partial charge in [-0.15, -0.1) is 0 Å². The van der Waals surface area contributed by atoms with Crippen LogP contribution in [0, 0.1) is 0 Å². The second kappa shape index (κ2) is 5.57. The van der Waals surface area contributed by atoms with Crippen LogP contribution in [0.25, 0.3) is 0 Å². The Labute approximate surface area is 102 Å². The Kier molecular flexibility index (Phi) is 4.37. The first-order valence-electron chi connectivity index (χ1n) is 5.67. The molecule has 4 nitrogen and oxygen atoms in total. The Balaban J connectivity index is 3.63. The van der Waals surface area contributed by atoms with Crippen LogP contribution in [-0.4, -0.2) is 20.1 Å². The minimum absolute atomic E-state index is 0.434. The van der Waals surface area contributed by atoms with Gasteiger partial charge < -0.3 is 15.2 Å². The molecule has 0 atom stereocenters. The number of rotatable bonds is 5. The number of ether oxygens (including phenoxy) is 2. The van der Waals surface area contributed by atoms with Crippen LogP contribution in [0.2, 0.25) is 0 Å². The standard InChI is InChI=1S/C13H19NO3/c1-5-8-10(16-3)7-11(17-4)9(6-2)12(8)13(14)15/h7H,5-6H2,1-4H3,(H2,14,15). The van der Waals surface area contributed by atoms with Crippen molar-refractivity contribution in [2.24, 2.45) is 5.73 Å². The molecule has 0 saturated heterocycles. The van der Waals surface area contributed by atoms with E-state index >= 15 is 0 Å². The van der Waals surface area contributed by atoms with Crippen molar-refractivity contribution in [2.75, 3.05) is 14.2 Å². The number of carbonyl (C=O) groups excluding carboxylic acids is 1. The van der Waals surface area contributed by atoms with E-state index in [0.29, 0.717) is 29.9 Å². The predicted molar refractivity (Wildman–Crippen MR) is 66.8 cm³/mol. The number of carbonyl (C=O) groups is 1. The first kappa shape index (κ1) is 13.4. The van der Waals surface area contributed by atoms with Crippen LogP contribution in [0.3, 0.4) is 0 Å².